The van der Waals surface area contributed by atoms with E-state index >= 15 is 0 Å². The van der Waals surface area contributed by atoms with Crippen molar-refractivity contribution in [1.29, 1.82) is 0 Å². The molecule has 0 spiro atoms. The number of hydrogen-bond donors (Lipinski definition) is 2. The Bertz CT molecular complexity index is 411. The van der Waals surface area contributed by atoms with Gasteiger partial charge < -0.3 is 25.0 Å². The maximum atomic E-state index is 12.0. The highest BCUT2D eigenvalue weighted by Gasteiger charge is 2.43. The van der Waals surface area contributed by atoms with Crippen molar-refractivity contribution in [3.63, 3.8) is 0 Å². The van der Waals surface area contributed by atoms with Crippen molar-refractivity contribution in [1.82, 2.24) is 15.5 Å². The van der Waals surface area contributed by atoms with Gasteiger partial charge in [-0.2, -0.15) is 0 Å². The van der Waals surface area contributed by atoms with Crippen LogP contribution in [0.4, 0.5) is 4.79 Å². The number of piperidine rings is 1. The second-order valence-electron chi connectivity index (χ2n) is 8.19. The largest absolute Gasteiger partial charge is 0.444 e. The lowest BCUT2D eigenvalue weighted by Gasteiger charge is -2.45. The molecule has 0 aromatic rings. The molecule has 1 saturated heterocycles. The maximum Gasteiger partial charge on any atom is 0.407 e. The first-order valence-corrected chi connectivity index (χ1v) is 9.31. The Balaban J connectivity index is 1.81. The topological polar surface area (TPSA) is 62.8 Å². The SMILES string of the molecule is CCOC1CC(NC(=O)OC(C)(C)C)C1NCC1CCCN(C)C1. The van der Waals surface area contributed by atoms with Gasteiger partial charge in [0.2, 0.25) is 0 Å². The Morgan fingerprint density at radius 1 is 1.33 bits per heavy atom. The third kappa shape index (κ3) is 5.90. The summed E-state index contributed by atoms with van der Waals surface area (Å²) in [6.07, 6.45) is 3.22. The Morgan fingerprint density at radius 3 is 2.71 bits per heavy atom. The number of alkyl carbamates (subject to hydrolysis) is 1. The molecule has 6 nitrogen and oxygen atoms in total. The van der Waals surface area contributed by atoms with E-state index in [2.05, 4.69) is 22.6 Å². The normalized spacial score (nSPS) is 31.4. The fraction of sp³-hybridized carbons (Fsp3) is 0.944. The molecule has 24 heavy (non-hydrogen) atoms. The molecule has 1 aliphatic heterocycles. The van der Waals surface area contributed by atoms with E-state index in [0.717, 1.165) is 19.5 Å². The summed E-state index contributed by atoms with van der Waals surface area (Å²) in [6.45, 7) is 11.7. The average molecular weight is 341 g/mol. The Hall–Kier alpha value is -0.850. The first kappa shape index (κ1) is 19.5. The van der Waals surface area contributed by atoms with Crippen LogP contribution in [0.1, 0.15) is 47.0 Å². The van der Waals surface area contributed by atoms with Gasteiger partial charge in [0, 0.05) is 13.2 Å². The number of likely N-dealkylation sites (tertiary alicyclic amines) is 1. The highest BCUT2D eigenvalue weighted by molar-refractivity contribution is 5.68. The second-order valence-corrected chi connectivity index (χ2v) is 8.19. The fourth-order valence-electron chi connectivity index (χ4n) is 3.62. The van der Waals surface area contributed by atoms with E-state index in [0.29, 0.717) is 12.5 Å². The van der Waals surface area contributed by atoms with Crippen LogP contribution in [-0.2, 0) is 9.47 Å². The molecule has 1 saturated carbocycles. The van der Waals surface area contributed by atoms with Crippen LogP contribution in [0, 0.1) is 5.92 Å². The number of hydrogen-bond acceptors (Lipinski definition) is 5. The number of amides is 1. The minimum absolute atomic E-state index is 0.0812. The summed E-state index contributed by atoms with van der Waals surface area (Å²) >= 11 is 0. The summed E-state index contributed by atoms with van der Waals surface area (Å²) in [6, 6.07) is 0.252. The molecule has 1 aliphatic carbocycles. The standard InChI is InChI=1S/C18H35N3O3/c1-6-23-15-10-14(20-17(22)24-18(2,3)4)16(15)19-11-13-8-7-9-21(5)12-13/h13-16,19H,6-12H2,1-5H3,(H,20,22). The van der Waals surface area contributed by atoms with Crippen LogP contribution in [0.25, 0.3) is 0 Å². The Kier molecular flexibility index (Phi) is 6.89. The number of rotatable bonds is 6. The lowest BCUT2D eigenvalue weighted by molar-refractivity contribution is -0.0447. The van der Waals surface area contributed by atoms with Gasteiger partial charge in [0.25, 0.3) is 0 Å². The molecular formula is C18H35N3O3. The zero-order chi connectivity index (χ0) is 17.7. The van der Waals surface area contributed by atoms with Gasteiger partial charge in [-0.25, -0.2) is 4.79 Å². The highest BCUT2D eigenvalue weighted by Crippen LogP contribution is 2.26. The fourth-order valence-corrected chi connectivity index (χ4v) is 3.62. The molecule has 2 N–H and O–H groups in total. The van der Waals surface area contributed by atoms with E-state index in [9.17, 15) is 4.79 Å². The molecule has 2 rings (SSSR count). The second kappa shape index (κ2) is 8.50. The molecule has 2 fully saturated rings. The molecule has 6 heteroatoms. The molecule has 0 radical (unpaired) electrons. The minimum Gasteiger partial charge on any atom is -0.444 e. The first-order valence-electron chi connectivity index (χ1n) is 9.31. The van der Waals surface area contributed by atoms with Crippen LogP contribution in [-0.4, -0.2) is 68.1 Å². The van der Waals surface area contributed by atoms with E-state index in [4.69, 9.17) is 9.47 Å². The zero-order valence-electron chi connectivity index (χ0n) is 15.9. The zero-order valence-corrected chi connectivity index (χ0v) is 15.9. The van der Waals surface area contributed by atoms with E-state index in [1.54, 1.807) is 0 Å². The molecule has 1 amide bonds. The highest BCUT2D eigenvalue weighted by atomic mass is 16.6. The summed E-state index contributed by atoms with van der Waals surface area (Å²) in [5.41, 5.74) is -0.469. The average Bonchev–Trinajstić information content (AvgIpc) is 2.44. The summed E-state index contributed by atoms with van der Waals surface area (Å²) in [5.74, 6) is 0.675. The molecule has 0 aromatic heterocycles. The summed E-state index contributed by atoms with van der Waals surface area (Å²) in [7, 11) is 2.19. The Morgan fingerprint density at radius 2 is 2.08 bits per heavy atom. The summed E-state index contributed by atoms with van der Waals surface area (Å²) in [5, 5.41) is 6.63. The van der Waals surface area contributed by atoms with Crippen LogP contribution in [0.15, 0.2) is 0 Å². The van der Waals surface area contributed by atoms with E-state index in [-0.39, 0.29) is 24.3 Å². The number of ether oxygens (including phenoxy) is 2. The molecule has 0 bridgehead atoms. The van der Waals surface area contributed by atoms with Crippen molar-refractivity contribution >= 4 is 6.09 Å². The first-order chi connectivity index (χ1) is 11.3. The lowest BCUT2D eigenvalue weighted by Crippen LogP contribution is -2.67. The van der Waals surface area contributed by atoms with Gasteiger partial charge in [-0.05, 0) is 73.0 Å². The molecule has 140 valence electrons. The third-order valence-electron chi connectivity index (χ3n) is 4.77. The van der Waals surface area contributed by atoms with Gasteiger partial charge in [0.05, 0.1) is 18.2 Å². The number of nitrogens with one attached hydrogen (secondary N) is 2. The van der Waals surface area contributed by atoms with Gasteiger partial charge in [-0.15, -0.1) is 0 Å². The van der Waals surface area contributed by atoms with Crippen LogP contribution in [0.5, 0.6) is 0 Å². The third-order valence-corrected chi connectivity index (χ3v) is 4.77. The minimum atomic E-state index is -0.469. The molecule has 2 aliphatic rings. The summed E-state index contributed by atoms with van der Waals surface area (Å²) in [4.78, 5) is 14.4. The van der Waals surface area contributed by atoms with Gasteiger partial charge in [0.15, 0.2) is 0 Å². The van der Waals surface area contributed by atoms with Crippen LogP contribution in [0.2, 0.25) is 0 Å². The van der Waals surface area contributed by atoms with Crippen molar-refractivity contribution in [2.75, 3.05) is 33.3 Å². The van der Waals surface area contributed by atoms with Crippen molar-refractivity contribution in [2.45, 2.75) is 70.7 Å². The van der Waals surface area contributed by atoms with E-state index in [1.807, 2.05) is 27.7 Å². The molecule has 4 unspecified atom stereocenters. The summed E-state index contributed by atoms with van der Waals surface area (Å²) < 4.78 is 11.2. The van der Waals surface area contributed by atoms with Gasteiger partial charge in [0.1, 0.15) is 5.60 Å². The molecule has 0 aromatic carbocycles. The molecule has 1 heterocycles. The van der Waals surface area contributed by atoms with E-state index < -0.39 is 5.60 Å². The van der Waals surface area contributed by atoms with Crippen molar-refractivity contribution in [3.8, 4) is 0 Å². The monoisotopic (exact) mass is 341 g/mol. The van der Waals surface area contributed by atoms with Gasteiger partial charge >= 0.3 is 6.09 Å². The Labute approximate surface area is 146 Å². The van der Waals surface area contributed by atoms with Crippen molar-refractivity contribution in [3.05, 3.63) is 0 Å². The molecular weight excluding hydrogens is 306 g/mol. The van der Waals surface area contributed by atoms with Crippen LogP contribution >= 0.6 is 0 Å². The lowest BCUT2D eigenvalue weighted by atomic mass is 9.82. The van der Waals surface area contributed by atoms with Crippen LogP contribution < -0.4 is 10.6 Å². The smallest absolute Gasteiger partial charge is 0.407 e. The maximum absolute atomic E-state index is 12.0. The van der Waals surface area contributed by atoms with Gasteiger partial charge in [-0.1, -0.05) is 0 Å². The van der Waals surface area contributed by atoms with E-state index in [1.165, 1.54) is 19.4 Å². The predicted molar refractivity (Wildman–Crippen MR) is 95.2 cm³/mol. The predicted octanol–water partition coefficient (Wildman–Crippen LogP) is 1.99. The van der Waals surface area contributed by atoms with Gasteiger partial charge in [-0.3, -0.25) is 0 Å². The van der Waals surface area contributed by atoms with Crippen LogP contribution in [0.3, 0.4) is 0 Å². The quantitative estimate of drug-likeness (QED) is 0.774. The molecule has 4 atom stereocenters. The number of nitrogens with zero attached hydrogens (tertiary/aromatic N) is 1. The number of carbonyl (C=O) groups is 1. The van der Waals surface area contributed by atoms with Crippen molar-refractivity contribution in [2.24, 2.45) is 5.92 Å². The number of carbonyl (C=O) groups excluding carboxylic acids is 1. The van der Waals surface area contributed by atoms with Crippen molar-refractivity contribution < 1.29 is 14.3 Å².